The minimum absolute atomic E-state index is 0.0332. The molecule has 1 aromatic carbocycles. The summed E-state index contributed by atoms with van der Waals surface area (Å²) in [7, 11) is 0. The number of nitrogens with zero attached hydrogens (tertiary/aromatic N) is 2. The van der Waals surface area contributed by atoms with Crippen LogP contribution in [-0.2, 0) is 9.59 Å². The average Bonchev–Trinajstić information content (AvgIpc) is 2.60. The number of hydrogen-bond donors (Lipinski definition) is 1. The van der Waals surface area contributed by atoms with Gasteiger partial charge in [-0.25, -0.2) is 0 Å². The van der Waals surface area contributed by atoms with Crippen LogP contribution >= 0.6 is 11.8 Å². The number of aryl methyl sites for hydroxylation is 1. The Kier molecular flexibility index (Phi) is 6.73. The molecule has 0 atom stereocenters. The second kappa shape index (κ2) is 8.78. The summed E-state index contributed by atoms with van der Waals surface area (Å²) in [5.74, 6) is 1.88. The predicted octanol–water partition coefficient (Wildman–Crippen LogP) is 2.52. The number of carbonyl (C=O) groups is 2. The molecular weight excluding hydrogens is 322 g/mol. The van der Waals surface area contributed by atoms with Crippen molar-refractivity contribution in [3.63, 3.8) is 0 Å². The quantitative estimate of drug-likeness (QED) is 0.804. The van der Waals surface area contributed by atoms with Crippen LogP contribution in [0.25, 0.3) is 0 Å². The van der Waals surface area contributed by atoms with Crippen LogP contribution < -0.4 is 10.2 Å². The lowest BCUT2D eigenvalue weighted by Crippen LogP contribution is -2.36. The van der Waals surface area contributed by atoms with Crippen LogP contribution in [0.1, 0.15) is 12.5 Å². The average molecular weight is 347 g/mol. The van der Waals surface area contributed by atoms with Gasteiger partial charge in [0, 0.05) is 42.5 Å². The summed E-state index contributed by atoms with van der Waals surface area (Å²) in [5.41, 5.74) is 3.13. The molecule has 0 bridgehead atoms. The van der Waals surface area contributed by atoms with E-state index in [1.165, 1.54) is 16.7 Å². The van der Waals surface area contributed by atoms with Gasteiger partial charge in [-0.05, 0) is 43.7 Å². The van der Waals surface area contributed by atoms with Crippen molar-refractivity contribution in [1.82, 2.24) is 4.90 Å². The molecule has 1 aliphatic heterocycles. The summed E-state index contributed by atoms with van der Waals surface area (Å²) in [6.07, 6.45) is 1.23. The molecule has 0 unspecified atom stereocenters. The number of anilines is 2. The van der Waals surface area contributed by atoms with Crippen LogP contribution in [-0.4, -0.2) is 54.4 Å². The first-order valence-electron chi connectivity index (χ1n) is 8.19. The molecule has 1 saturated heterocycles. The summed E-state index contributed by atoms with van der Waals surface area (Å²) in [4.78, 5) is 27.6. The molecule has 1 N–H and O–H groups in total. The summed E-state index contributed by atoms with van der Waals surface area (Å²) in [5, 5.41) is 2.87. The van der Waals surface area contributed by atoms with Crippen molar-refractivity contribution in [2.75, 3.05) is 47.9 Å². The van der Waals surface area contributed by atoms with Gasteiger partial charge in [-0.15, -0.1) is 0 Å². The minimum atomic E-state index is -0.234. The van der Waals surface area contributed by atoms with Gasteiger partial charge in [0.1, 0.15) is 6.54 Å². The lowest BCUT2D eigenvalue weighted by molar-refractivity contribution is -0.130. The molecular formula is C18H25N3O2S. The zero-order valence-electron chi connectivity index (χ0n) is 14.4. The number of hydrogen-bond acceptors (Lipinski definition) is 4. The Bertz CT molecular complexity index is 612. The van der Waals surface area contributed by atoms with Crippen molar-refractivity contribution >= 4 is 35.0 Å². The number of nitrogens with one attached hydrogen (secondary N) is 1. The van der Waals surface area contributed by atoms with Crippen LogP contribution in [0, 0.1) is 6.92 Å². The Morgan fingerprint density at radius 2 is 2.08 bits per heavy atom. The zero-order valence-corrected chi connectivity index (χ0v) is 15.2. The molecule has 130 valence electrons. The van der Waals surface area contributed by atoms with Crippen LogP contribution in [0.5, 0.6) is 0 Å². The van der Waals surface area contributed by atoms with E-state index in [-0.39, 0.29) is 18.4 Å². The highest BCUT2D eigenvalue weighted by Gasteiger charge is 2.15. The largest absolute Gasteiger partial charge is 0.370 e. The number of rotatable bonds is 6. The maximum absolute atomic E-state index is 12.1. The second-order valence-corrected chi connectivity index (χ2v) is 6.93. The van der Waals surface area contributed by atoms with Gasteiger partial charge < -0.3 is 15.1 Å². The van der Waals surface area contributed by atoms with E-state index in [1.54, 1.807) is 0 Å². The van der Waals surface area contributed by atoms with Crippen LogP contribution in [0.3, 0.4) is 0 Å². The van der Waals surface area contributed by atoms with Crippen molar-refractivity contribution in [2.24, 2.45) is 0 Å². The van der Waals surface area contributed by atoms with Gasteiger partial charge in [-0.2, -0.15) is 11.8 Å². The Morgan fingerprint density at radius 3 is 2.67 bits per heavy atom. The maximum atomic E-state index is 12.1. The molecule has 24 heavy (non-hydrogen) atoms. The monoisotopic (exact) mass is 347 g/mol. The molecule has 0 aliphatic carbocycles. The molecule has 1 fully saturated rings. The number of amides is 2. The molecule has 1 aliphatic rings. The molecule has 2 rings (SSSR count). The van der Waals surface area contributed by atoms with Crippen LogP contribution in [0.4, 0.5) is 11.4 Å². The summed E-state index contributed by atoms with van der Waals surface area (Å²) in [6.45, 7) is 9.99. The van der Waals surface area contributed by atoms with Gasteiger partial charge in [0.25, 0.3) is 0 Å². The number of carbonyl (C=O) groups excluding carboxylic acids is 2. The van der Waals surface area contributed by atoms with E-state index in [0.29, 0.717) is 6.54 Å². The molecule has 1 aromatic rings. The van der Waals surface area contributed by atoms with E-state index in [9.17, 15) is 9.59 Å². The van der Waals surface area contributed by atoms with Gasteiger partial charge in [-0.3, -0.25) is 9.59 Å². The molecule has 6 heteroatoms. The Morgan fingerprint density at radius 1 is 1.38 bits per heavy atom. The third-order valence-electron chi connectivity index (χ3n) is 4.03. The first-order valence-corrected chi connectivity index (χ1v) is 9.35. The highest BCUT2D eigenvalue weighted by Crippen LogP contribution is 2.26. The minimum Gasteiger partial charge on any atom is -0.370 e. The van der Waals surface area contributed by atoms with Gasteiger partial charge >= 0.3 is 0 Å². The second-order valence-electron chi connectivity index (χ2n) is 5.71. The summed E-state index contributed by atoms with van der Waals surface area (Å²) >= 11 is 1.98. The van der Waals surface area contributed by atoms with Crippen molar-refractivity contribution in [2.45, 2.75) is 13.8 Å². The lowest BCUT2D eigenvalue weighted by Gasteiger charge is -2.30. The third-order valence-corrected chi connectivity index (χ3v) is 4.98. The van der Waals surface area contributed by atoms with Crippen LogP contribution in [0.15, 0.2) is 30.9 Å². The topological polar surface area (TPSA) is 52.7 Å². The molecule has 0 saturated carbocycles. The third kappa shape index (κ3) is 4.77. The molecule has 0 spiro atoms. The molecule has 0 aromatic heterocycles. The number of thioether (sulfide) groups is 1. The fraction of sp³-hybridized carbons (Fsp3) is 0.444. The zero-order chi connectivity index (χ0) is 17.5. The molecule has 5 nitrogen and oxygen atoms in total. The van der Waals surface area contributed by atoms with E-state index in [0.717, 1.165) is 35.8 Å². The molecule has 1 heterocycles. The Hall–Kier alpha value is -1.95. The van der Waals surface area contributed by atoms with E-state index in [2.05, 4.69) is 29.8 Å². The normalized spacial score (nSPS) is 14.2. The van der Waals surface area contributed by atoms with E-state index >= 15 is 0 Å². The number of benzene rings is 1. The standard InChI is InChI=1S/C18H25N3O2S/c1-4-18(23)20(5-2)13-17(22)19-15-6-7-16(14(3)12-15)21-8-10-24-11-9-21/h4,6-7,12H,1,5,8-11,13H2,2-3H3,(H,19,22). The highest BCUT2D eigenvalue weighted by molar-refractivity contribution is 7.99. The van der Waals surface area contributed by atoms with Crippen molar-refractivity contribution in [3.05, 3.63) is 36.4 Å². The van der Waals surface area contributed by atoms with Gasteiger partial charge in [0.2, 0.25) is 11.8 Å². The van der Waals surface area contributed by atoms with E-state index in [4.69, 9.17) is 0 Å². The van der Waals surface area contributed by atoms with Crippen molar-refractivity contribution in [3.8, 4) is 0 Å². The Labute approximate surface area is 148 Å². The molecule has 2 amide bonds. The van der Waals surface area contributed by atoms with Gasteiger partial charge in [0.05, 0.1) is 0 Å². The van der Waals surface area contributed by atoms with Gasteiger partial charge in [0.15, 0.2) is 0 Å². The van der Waals surface area contributed by atoms with Gasteiger partial charge in [-0.1, -0.05) is 6.58 Å². The fourth-order valence-corrected chi connectivity index (χ4v) is 3.64. The first-order chi connectivity index (χ1) is 11.5. The van der Waals surface area contributed by atoms with E-state index < -0.39 is 0 Å². The summed E-state index contributed by atoms with van der Waals surface area (Å²) < 4.78 is 0. The maximum Gasteiger partial charge on any atom is 0.246 e. The first kappa shape index (κ1) is 18.4. The summed E-state index contributed by atoms with van der Waals surface area (Å²) in [6, 6.07) is 5.97. The van der Waals surface area contributed by atoms with Crippen molar-refractivity contribution < 1.29 is 9.59 Å². The number of likely N-dealkylation sites (N-methyl/N-ethyl adjacent to an activating group) is 1. The lowest BCUT2D eigenvalue weighted by atomic mass is 10.1. The van der Waals surface area contributed by atoms with Crippen molar-refractivity contribution in [1.29, 1.82) is 0 Å². The molecule has 0 radical (unpaired) electrons. The fourth-order valence-electron chi connectivity index (χ4n) is 2.74. The highest BCUT2D eigenvalue weighted by atomic mass is 32.2. The van der Waals surface area contributed by atoms with E-state index in [1.807, 2.05) is 30.8 Å². The van der Waals surface area contributed by atoms with Crippen LogP contribution in [0.2, 0.25) is 0 Å². The smallest absolute Gasteiger partial charge is 0.246 e. The Balaban J connectivity index is 1.99. The predicted molar refractivity (Wildman–Crippen MR) is 102 cm³/mol. The SMILES string of the molecule is C=CC(=O)N(CC)CC(=O)Nc1ccc(N2CCSCC2)c(C)c1.